The maximum absolute atomic E-state index is 9.16. The Labute approximate surface area is 129 Å². The fourth-order valence-electron chi connectivity index (χ4n) is 2.27. The zero-order valence-electron chi connectivity index (χ0n) is 12.2. The highest BCUT2D eigenvalue weighted by atomic mass is 16.5. The smallest absolute Gasteiger partial charge is 0.126 e. The molecule has 0 unspecified atom stereocenters. The van der Waals surface area contributed by atoms with Crippen LogP contribution < -0.4 is 10.1 Å². The van der Waals surface area contributed by atoms with Crippen LogP contribution in [0.4, 0.5) is 5.82 Å². The van der Waals surface area contributed by atoms with Gasteiger partial charge in [0, 0.05) is 11.9 Å². The molecule has 2 aromatic carbocycles. The Morgan fingerprint density at radius 2 is 1.91 bits per heavy atom. The van der Waals surface area contributed by atoms with Gasteiger partial charge in [-0.15, -0.1) is 0 Å². The molecule has 0 saturated carbocycles. The molecule has 0 bridgehead atoms. The zero-order chi connectivity index (χ0) is 15.4. The minimum atomic E-state index is 0.589. The summed E-state index contributed by atoms with van der Waals surface area (Å²) in [6.07, 6.45) is 0. The third-order valence-electron chi connectivity index (χ3n) is 3.47. The van der Waals surface area contributed by atoms with Crippen LogP contribution in [0.1, 0.15) is 11.1 Å². The van der Waals surface area contributed by atoms with Gasteiger partial charge in [0.25, 0.3) is 0 Å². The molecule has 0 aliphatic carbocycles. The second-order valence-electron chi connectivity index (χ2n) is 4.89. The van der Waals surface area contributed by atoms with Gasteiger partial charge in [-0.05, 0) is 35.9 Å². The number of pyridine rings is 1. The molecule has 4 nitrogen and oxygen atoms in total. The predicted molar refractivity (Wildman–Crippen MR) is 86.8 cm³/mol. The van der Waals surface area contributed by atoms with E-state index in [2.05, 4.69) is 16.4 Å². The van der Waals surface area contributed by atoms with Crippen molar-refractivity contribution >= 4 is 16.7 Å². The van der Waals surface area contributed by atoms with Gasteiger partial charge in [0.05, 0.1) is 18.2 Å². The summed E-state index contributed by atoms with van der Waals surface area (Å²) < 4.78 is 5.14. The van der Waals surface area contributed by atoms with Crippen LogP contribution in [0, 0.1) is 11.3 Å². The third kappa shape index (κ3) is 2.84. The van der Waals surface area contributed by atoms with E-state index in [0.717, 1.165) is 28.0 Å². The van der Waals surface area contributed by atoms with Crippen molar-refractivity contribution in [1.82, 2.24) is 4.98 Å². The SMILES string of the molecule is COc1ccc(CNc2ccc3cccc(C#N)c3n2)cc1. The largest absolute Gasteiger partial charge is 0.497 e. The molecule has 22 heavy (non-hydrogen) atoms. The number of nitriles is 1. The van der Waals surface area contributed by atoms with Crippen LogP contribution in [-0.4, -0.2) is 12.1 Å². The number of ether oxygens (including phenoxy) is 1. The number of hydrogen-bond acceptors (Lipinski definition) is 4. The number of nitrogens with zero attached hydrogens (tertiary/aromatic N) is 2. The maximum atomic E-state index is 9.16. The van der Waals surface area contributed by atoms with Crippen molar-refractivity contribution < 1.29 is 4.74 Å². The lowest BCUT2D eigenvalue weighted by Gasteiger charge is -2.08. The van der Waals surface area contributed by atoms with Crippen LogP contribution in [0.2, 0.25) is 0 Å². The number of rotatable bonds is 4. The summed E-state index contributed by atoms with van der Waals surface area (Å²) in [4.78, 5) is 4.54. The van der Waals surface area contributed by atoms with E-state index < -0.39 is 0 Å². The molecule has 1 aromatic heterocycles. The first-order chi connectivity index (χ1) is 10.8. The van der Waals surface area contributed by atoms with E-state index in [4.69, 9.17) is 10.00 Å². The average Bonchev–Trinajstić information content (AvgIpc) is 2.59. The zero-order valence-corrected chi connectivity index (χ0v) is 12.2. The van der Waals surface area contributed by atoms with Gasteiger partial charge in [0.1, 0.15) is 17.6 Å². The number of hydrogen-bond donors (Lipinski definition) is 1. The maximum Gasteiger partial charge on any atom is 0.126 e. The highest BCUT2D eigenvalue weighted by Gasteiger charge is 2.03. The van der Waals surface area contributed by atoms with Gasteiger partial charge < -0.3 is 10.1 Å². The average molecular weight is 289 g/mol. The van der Waals surface area contributed by atoms with Crippen molar-refractivity contribution in [3.63, 3.8) is 0 Å². The number of aromatic nitrogens is 1. The van der Waals surface area contributed by atoms with Crippen molar-refractivity contribution in [2.24, 2.45) is 0 Å². The van der Waals surface area contributed by atoms with E-state index in [-0.39, 0.29) is 0 Å². The second-order valence-corrected chi connectivity index (χ2v) is 4.89. The summed E-state index contributed by atoms with van der Waals surface area (Å²) in [5, 5.41) is 13.4. The standard InChI is InChI=1S/C18H15N3O/c1-22-16-8-5-13(6-9-16)12-20-17-10-7-14-3-2-4-15(11-19)18(14)21-17/h2-10H,12H2,1H3,(H,20,21). The molecular weight excluding hydrogens is 274 g/mol. The fourth-order valence-corrected chi connectivity index (χ4v) is 2.27. The molecule has 0 atom stereocenters. The van der Waals surface area contributed by atoms with Gasteiger partial charge in [-0.25, -0.2) is 4.98 Å². The van der Waals surface area contributed by atoms with Gasteiger partial charge in [-0.3, -0.25) is 0 Å². The van der Waals surface area contributed by atoms with Gasteiger partial charge >= 0.3 is 0 Å². The van der Waals surface area contributed by atoms with Crippen LogP contribution in [0.3, 0.4) is 0 Å². The topological polar surface area (TPSA) is 57.9 Å². The van der Waals surface area contributed by atoms with E-state index >= 15 is 0 Å². The summed E-state index contributed by atoms with van der Waals surface area (Å²) in [6.45, 7) is 0.664. The Bertz CT molecular complexity index is 835. The number of fused-ring (bicyclic) bond motifs is 1. The van der Waals surface area contributed by atoms with Crippen LogP contribution >= 0.6 is 0 Å². The Kier molecular flexibility index (Phi) is 3.88. The van der Waals surface area contributed by atoms with E-state index in [9.17, 15) is 0 Å². The van der Waals surface area contributed by atoms with Crippen molar-refractivity contribution in [2.45, 2.75) is 6.54 Å². The number of anilines is 1. The van der Waals surface area contributed by atoms with E-state index in [1.165, 1.54) is 0 Å². The predicted octanol–water partition coefficient (Wildman–Crippen LogP) is 3.73. The summed E-state index contributed by atoms with van der Waals surface area (Å²) in [5.41, 5.74) is 2.45. The lowest BCUT2D eigenvalue weighted by Crippen LogP contribution is -2.01. The van der Waals surface area contributed by atoms with Crippen LogP contribution in [0.25, 0.3) is 10.9 Å². The molecule has 0 aliphatic rings. The van der Waals surface area contributed by atoms with E-state index in [0.29, 0.717) is 12.1 Å². The molecule has 1 N–H and O–H groups in total. The van der Waals surface area contributed by atoms with Gasteiger partial charge in [-0.1, -0.05) is 24.3 Å². The number of para-hydroxylation sites is 1. The molecule has 0 radical (unpaired) electrons. The van der Waals surface area contributed by atoms with Gasteiger partial charge in [-0.2, -0.15) is 5.26 Å². The molecule has 0 saturated heterocycles. The summed E-state index contributed by atoms with van der Waals surface area (Å²) in [7, 11) is 1.65. The minimum Gasteiger partial charge on any atom is -0.497 e. The summed E-state index contributed by atoms with van der Waals surface area (Å²) in [6, 6.07) is 19.6. The minimum absolute atomic E-state index is 0.589. The number of methoxy groups -OCH3 is 1. The lowest BCUT2D eigenvalue weighted by atomic mass is 10.1. The highest BCUT2D eigenvalue weighted by molar-refractivity contribution is 5.85. The molecule has 3 rings (SSSR count). The highest BCUT2D eigenvalue weighted by Crippen LogP contribution is 2.19. The van der Waals surface area contributed by atoms with E-state index in [1.54, 1.807) is 13.2 Å². The quantitative estimate of drug-likeness (QED) is 0.795. The first kappa shape index (κ1) is 13.9. The fraction of sp³-hybridized carbons (Fsp3) is 0.111. The number of benzene rings is 2. The lowest BCUT2D eigenvalue weighted by molar-refractivity contribution is 0.414. The molecule has 0 aliphatic heterocycles. The first-order valence-electron chi connectivity index (χ1n) is 6.97. The molecule has 3 aromatic rings. The summed E-state index contributed by atoms with van der Waals surface area (Å²) in [5.74, 6) is 1.59. The van der Waals surface area contributed by atoms with Crippen LogP contribution in [0.15, 0.2) is 54.6 Å². The van der Waals surface area contributed by atoms with Gasteiger partial charge in [0.2, 0.25) is 0 Å². The molecule has 0 spiro atoms. The second kappa shape index (κ2) is 6.15. The Hall–Kier alpha value is -3.06. The Morgan fingerprint density at radius 3 is 2.64 bits per heavy atom. The monoisotopic (exact) mass is 289 g/mol. The molecule has 108 valence electrons. The summed E-state index contributed by atoms with van der Waals surface area (Å²) >= 11 is 0. The Morgan fingerprint density at radius 1 is 1.09 bits per heavy atom. The normalized spacial score (nSPS) is 10.2. The third-order valence-corrected chi connectivity index (χ3v) is 3.47. The molecule has 4 heteroatoms. The number of nitrogens with one attached hydrogen (secondary N) is 1. The van der Waals surface area contributed by atoms with Crippen molar-refractivity contribution in [3.05, 3.63) is 65.7 Å². The van der Waals surface area contributed by atoms with Gasteiger partial charge in [0.15, 0.2) is 0 Å². The molecule has 1 heterocycles. The van der Waals surface area contributed by atoms with Crippen molar-refractivity contribution in [3.8, 4) is 11.8 Å². The molecule has 0 fully saturated rings. The van der Waals surface area contributed by atoms with Crippen LogP contribution in [0.5, 0.6) is 5.75 Å². The first-order valence-corrected chi connectivity index (χ1v) is 6.97. The molecule has 0 amide bonds. The Balaban J connectivity index is 1.80. The van der Waals surface area contributed by atoms with Crippen LogP contribution in [-0.2, 0) is 6.54 Å². The molecular formula is C18H15N3O. The van der Waals surface area contributed by atoms with E-state index in [1.807, 2.05) is 48.5 Å². The van der Waals surface area contributed by atoms with Crippen molar-refractivity contribution in [2.75, 3.05) is 12.4 Å². The van der Waals surface area contributed by atoms with Crippen molar-refractivity contribution in [1.29, 1.82) is 5.26 Å².